The number of anilines is 1. The van der Waals surface area contributed by atoms with Gasteiger partial charge in [0.2, 0.25) is 5.91 Å². The maximum absolute atomic E-state index is 13.2. The summed E-state index contributed by atoms with van der Waals surface area (Å²) in [5, 5.41) is 6.91. The highest BCUT2D eigenvalue weighted by Crippen LogP contribution is 2.30. The van der Waals surface area contributed by atoms with Crippen LogP contribution in [0.25, 0.3) is 0 Å². The van der Waals surface area contributed by atoms with E-state index in [0.29, 0.717) is 17.9 Å². The monoisotopic (exact) mass is 346 g/mol. The molecule has 1 aromatic heterocycles. The van der Waals surface area contributed by atoms with Gasteiger partial charge in [-0.25, -0.2) is 4.39 Å². The normalized spacial score (nSPS) is 20.6. The second-order valence-corrected chi connectivity index (χ2v) is 5.78. The van der Waals surface area contributed by atoms with Gasteiger partial charge in [0.15, 0.2) is 11.9 Å². The Hall–Kier alpha value is -2.74. The molecular weight excluding hydrogens is 327 g/mol. The molecule has 1 aliphatic heterocycles. The second-order valence-electron chi connectivity index (χ2n) is 5.78. The number of hydrogen-bond acceptors (Lipinski definition) is 4. The van der Waals surface area contributed by atoms with Gasteiger partial charge in [-0.2, -0.15) is 5.10 Å². The molecule has 1 fully saturated rings. The third kappa shape index (κ3) is 3.53. The molecule has 2 amide bonds. The highest BCUT2D eigenvalue weighted by atomic mass is 19.1. The summed E-state index contributed by atoms with van der Waals surface area (Å²) in [7, 11) is 1.60. The molecule has 3 rings (SSSR count). The fourth-order valence-electron chi connectivity index (χ4n) is 2.79. The topological polar surface area (TPSA) is 76.5 Å². The van der Waals surface area contributed by atoms with E-state index in [1.54, 1.807) is 36.1 Å². The van der Waals surface area contributed by atoms with Crippen LogP contribution in [0.15, 0.2) is 36.5 Å². The van der Waals surface area contributed by atoms with Crippen molar-refractivity contribution in [1.82, 2.24) is 14.7 Å². The Morgan fingerprint density at radius 1 is 1.36 bits per heavy atom. The number of benzene rings is 1. The first kappa shape index (κ1) is 17.1. The SMILES string of the molecule is CCn1ccc(NC(=O)[C@H]2OCC(=O)N(C)[C@H]2c2ccc(F)cc2)n1. The summed E-state index contributed by atoms with van der Waals surface area (Å²) in [6, 6.07) is 6.72. The van der Waals surface area contributed by atoms with Crippen molar-refractivity contribution in [2.24, 2.45) is 0 Å². The Kier molecular flexibility index (Phi) is 4.80. The molecule has 7 nitrogen and oxygen atoms in total. The zero-order valence-corrected chi connectivity index (χ0v) is 14.0. The number of carbonyl (C=O) groups is 2. The molecular formula is C17H19FN4O3. The minimum atomic E-state index is -0.917. The van der Waals surface area contributed by atoms with E-state index in [1.165, 1.54) is 17.0 Å². The lowest BCUT2D eigenvalue weighted by molar-refractivity contribution is -0.160. The molecule has 0 unspecified atom stereocenters. The number of aryl methyl sites for hydroxylation is 1. The van der Waals surface area contributed by atoms with E-state index in [2.05, 4.69) is 10.4 Å². The lowest BCUT2D eigenvalue weighted by Crippen LogP contribution is -2.51. The molecule has 0 saturated carbocycles. The van der Waals surface area contributed by atoms with Gasteiger partial charge in [-0.15, -0.1) is 0 Å². The molecule has 25 heavy (non-hydrogen) atoms. The van der Waals surface area contributed by atoms with E-state index < -0.39 is 18.1 Å². The molecule has 1 saturated heterocycles. The molecule has 1 N–H and O–H groups in total. The first-order valence-corrected chi connectivity index (χ1v) is 7.96. The molecule has 8 heteroatoms. The Morgan fingerprint density at radius 2 is 2.08 bits per heavy atom. The number of amides is 2. The minimum Gasteiger partial charge on any atom is -0.356 e. The van der Waals surface area contributed by atoms with Gasteiger partial charge < -0.3 is 15.0 Å². The molecule has 0 bridgehead atoms. The van der Waals surface area contributed by atoms with Crippen LogP contribution in [0.4, 0.5) is 10.2 Å². The standard InChI is InChI=1S/C17H19FN4O3/c1-3-22-9-8-13(20-22)19-17(24)16-15(21(2)14(23)10-25-16)11-4-6-12(18)7-5-11/h4-9,15-16H,3,10H2,1-2H3,(H,19,20,24)/t15-,16-/m0/s1. The van der Waals surface area contributed by atoms with E-state index in [4.69, 9.17) is 4.74 Å². The number of nitrogens with one attached hydrogen (secondary N) is 1. The number of hydrogen-bond donors (Lipinski definition) is 1. The zero-order valence-electron chi connectivity index (χ0n) is 14.0. The van der Waals surface area contributed by atoms with Gasteiger partial charge in [-0.05, 0) is 24.6 Å². The van der Waals surface area contributed by atoms with Crippen molar-refractivity contribution in [3.8, 4) is 0 Å². The number of ether oxygens (including phenoxy) is 1. The summed E-state index contributed by atoms with van der Waals surface area (Å²) in [5.74, 6) is -0.628. The van der Waals surface area contributed by atoms with Gasteiger partial charge in [-0.3, -0.25) is 14.3 Å². The summed E-state index contributed by atoms with van der Waals surface area (Å²) in [4.78, 5) is 26.1. The average Bonchev–Trinajstić information content (AvgIpc) is 3.05. The lowest BCUT2D eigenvalue weighted by Gasteiger charge is -2.38. The largest absolute Gasteiger partial charge is 0.356 e. The summed E-state index contributed by atoms with van der Waals surface area (Å²) in [6.07, 6.45) is 0.838. The van der Waals surface area contributed by atoms with Crippen molar-refractivity contribution < 1.29 is 18.7 Å². The number of halogens is 1. The van der Waals surface area contributed by atoms with Crippen LogP contribution in [0.5, 0.6) is 0 Å². The Balaban J connectivity index is 1.84. The van der Waals surface area contributed by atoms with E-state index in [-0.39, 0.29) is 18.3 Å². The average molecular weight is 346 g/mol. The fraction of sp³-hybridized carbons (Fsp3) is 0.353. The Labute approximate surface area is 144 Å². The first-order valence-electron chi connectivity index (χ1n) is 7.96. The number of aromatic nitrogens is 2. The third-order valence-electron chi connectivity index (χ3n) is 4.17. The predicted molar refractivity (Wildman–Crippen MR) is 88.2 cm³/mol. The summed E-state index contributed by atoms with van der Waals surface area (Å²) >= 11 is 0. The number of carbonyl (C=O) groups excluding carboxylic acids is 2. The van der Waals surface area contributed by atoms with Crippen molar-refractivity contribution >= 4 is 17.6 Å². The Morgan fingerprint density at radius 3 is 2.72 bits per heavy atom. The number of rotatable bonds is 4. The first-order chi connectivity index (χ1) is 12.0. The fourth-order valence-corrected chi connectivity index (χ4v) is 2.79. The predicted octanol–water partition coefficient (Wildman–Crippen LogP) is 1.58. The van der Waals surface area contributed by atoms with Crippen molar-refractivity contribution in [1.29, 1.82) is 0 Å². The van der Waals surface area contributed by atoms with Gasteiger partial charge in [0.1, 0.15) is 12.4 Å². The molecule has 1 aliphatic rings. The molecule has 0 spiro atoms. The van der Waals surface area contributed by atoms with E-state index in [1.807, 2.05) is 6.92 Å². The third-order valence-corrected chi connectivity index (χ3v) is 4.17. The van der Waals surface area contributed by atoms with Crippen LogP contribution in [0.1, 0.15) is 18.5 Å². The van der Waals surface area contributed by atoms with Crippen LogP contribution in [0.2, 0.25) is 0 Å². The number of morpholine rings is 1. The van der Waals surface area contributed by atoms with Crippen molar-refractivity contribution in [2.75, 3.05) is 19.0 Å². The molecule has 132 valence electrons. The van der Waals surface area contributed by atoms with Crippen molar-refractivity contribution in [2.45, 2.75) is 25.6 Å². The number of nitrogens with zero attached hydrogens (tertiary/aromatic N) is 3. The number of likely N-dealkylation sites (N-methyl/N-ethyl adjacent to an activating group) is 1. The molecule has 1 aromatic carbocycles. The molecule has 2 aromatic rings. The van der Waals surface area contributed by atoms with Gasteiger partial charge >= 0.3 is 0 Å². The zero-order chi connectivity index (χ0) is 18.0. The minimum absolute atomic E-state index is 0.185. The van der Waals surface area contributed by atoms with Crippen LogP contribution in [0, 0.1) is 5.82 Å². The van der Waals surface area contributed by atoms with Gasteiger partial charge in [-0.1, -0.05) is 12.1 Å². The van der Waals surface area contributed by atoms with Crippen LogP contribution >= 0.6 is 0 Å². The molecule has 0 radical (unpaired) electrons. The van der Waals surface area contributed by atoms with Gasteiger partial charge in [0, 0.05) is 25.9 Å². The van der Waals surface area contributed by atoms with Gasteiger partial charge in [0.25, 0.3) is 5.91 Å². The second kappa shape index (κ2) is 7.02. The highest BCUT2D eigenvalue weighted by molar-refractivity contribution is 5.95. The maximum Gasteiger partial charge on any atom is 0.257 e. The van der Waals surface area contributed by atoms with Crippen LogP contribution in [0.3, 0.4) is 0 Å². The maximum atomic E-state index is 13.2. The van der Waals surface area contributed by atoms with Crippen molar-refractivity contribution in [3.63, 3.8) is 0 Å². The summed E-state index contributed by atoms with van der Waals surface area (Å²) in [5.41, 5.74) is 0.621. The lowest BCUT2D eigenvalue weighted by atomic mass is 9.97. The van der Waals surface area contributed by atoms with Crippen LogP contribution in [-0.4, -0.2) is 46.3 Å². The summed E-state index contributed by atoms with van der Waals surface area (Å²) < 4.78 is 20.4. The highest BCUT2D eigenvalue weighted by Gasteiger charge is 2.40. The quantitative estimate of drug-likeness (QED) is 0.912. The van der Waals surface area contributed by atoms with E-state index in [0.717, 1.165) is 0 Å². The van der Waals surface area contributed by atoms with Crippen molar-refractivity contribution in [3.05, 3.63) is 47.9 Å². The van der Waals surface area contributed by atoms with Crippen LogP contribution in [-0.2, 0) is 20.9 Å². The van der Waals surface area contributed by atoms with E-state index in [9.17, 15) is 14.0 Å². The Bertz CT molecular complexity index is 774. The molecule has 2 atom stereocenters. The molecule has 2 heterocycles. The summed E-state index contributed by atoms with van der Waals surface area (Å²) in [6.45, 7) is 2.44. The van der Waals surface area contributed by atoms with Crippen LogP contribution < -0.4 is 5.32 Å². The molecule has 0 aliphatic carbocycles. The van der Waals surface area contributed by atoms with E-state index >= 15 is 0 Å². The van der Waals surface area contributed by atoms with Gasteiger partial charge in [0.05, 0.1) is 6.04 Å². The smallest absolute Gasteiger partial charge is 0.257 e.